The molecule has 0 heterocycles. The molecule has 0 nitrogen and oxygen atoms in total. The van der Waals surface area contributed by atoms with Crippen LogP contribution in [0.4, 0.5) is 0 Å². The topological polar surface area (TPSA) is 0 Å². The molecule has 0 N–H and O–H groups in total. The van der Waals surface area contributed by atoms with E-state index in [-0.39, 0.29) is 5.92 Å². The van der Waals surface area contributed by atoms with Crippen molar-refractivity contribution in [3.63, 3.8) is 0 Å². The molecule has 0 aliphatic rings. The average Bonchev–Trinajstić information content (AvgIpc) is 2.32. The minimum atomic E-state index is 0.161. The molecule has 0 heteroatoms. The van der Waals surface area contributed by atoms with E-state index in [9.17, 15) is 0 Å². The molecule has 2 radical (unpaired) electrons. The predicted octanol–water partition coefficient (Wildman–Crippen LogP) is 4.14. The Kier molecular flexibility index (Phi) is 3.09. The summed E-state index contributed by atoms with van der Waals surface area (Å²) in [5, 5.41) is 0. The van der Waals surface area contributed by atoms with Gasteiger partial charge in [0.15, 0.2) is 0 Å². The van der Waals surface area contributed by atoms with Crippen LogP contribution >= 0.6 is 0 Å². The van der Waals surface area contributed by atoms with E-state index in [0.29, 0.717) is 0 Å². The van der Waals surface area contributed by atoms with E-state index in [1.54, 1.807) is 0 Å². The van der Waals surface area contributed by atoms with E-state index in [1.165, 1.54) is 16.7 Å². The van der Waals surface area contributed by atoms with Crippen molar-refractivity contribution < 1.29 is 0 Å². The molecular formula is C16H16. The van der Waals surface area contributed by atoms with Crippen LogP contribution in [0.3, 0.4) is 0 Å². The fourth-order valence-corrected chi connectivity index (χ4v) is 1.90. The summed E-state index contributed by atoms with van der Waals surface area (Å²) < 4.78 is 0. The van der Waals surface area contributed by atoms with Gasteiger partial charge in [0.05, 0.1) is 0 Å². The van der Waals surface area contributed by atoms with E-state index in [0.717, 1.165) is 5.56 Å². The average molecular weight is 208 g/mol. The fourth-order valence-electron chi connectivity index (χ4n) is 1.90. The second kappa shape index (κ2) is 4.52. The SMILES string of the molecule is [CH2]c1ccc(C)cc1C([CH2])c1ccccc1. The first kappa shape index (κ1) is 10.9. The van der Waals surface area contributed by atoms with Crippen molar-refractivity contribution in [2.45, 2.75) is 12.8 Å². The quantitative estimate of drug-likeness (QED) is 0.695. The molecule has 1 unspecified atom stereocenters. The summed E-state index contributed by atoms with van der Waals surface area (Å²) in [6, 6.07) is 16.7. The highest BCUT2D eigenvalue weighted by Crippen LogP contribution is 2.26. The molecule has 0 aliphatic heterocycles. The highest BCUT2D eigenvalue weighted by molar-refractivity contribution is 5.42. The normalized spacial score (nSPS) is 12.4. The summed E-state index contributed by atoms with van der Waals surface area (Å²) in [5.41, 5.74) is 4.77. The van der Waals surface area contributed by atoms with E-state index < -0.39 is 0 Å². The van der Waals surface area contributed by atoms with Crippen LogP contribution in [-0.4, -0.2) is 0 Å². The van der Waals surface area contributed by atoms with Gasteiger partial charge in [-0.05, 0) is 37.5 Å². The standard InChI is InChI=1S/C16H16/c1-12-9-10-13(2)16(11-12)14(3)15-7-5-4-6-8-15/h4-11,14H,2-3H2,1H3. The summed E-state index contributed by atoms with van der Waals surface area (Å²) in [4.78, 5) is 0. The minimum Gasteiger partial charge on any atom is -0.0622 e. The Balaban J connectivity index is 2.41. The van der Waals surface area contributed by atoms with Crippen LogP contribution < -0.4 is 0 Å². The first-order chi connectivity index (χ1) is 7.68. The van der Waals surface area contributed by atoms with Gasteiger partial charge in [0.2, 0.25) is 0 Å². The van der Waals surface area contributed by atoms with Gasteiger partial charge in [-0.2, -0.15) is 0 Å². The number of aryl methyl sites for hydroxylation is 1. The third-order valence-electron chi connectivity index (χ3n) is 2.88. The number of rotatable bonds is 2. The van der Waals surface area contributed by atoms with Gasteiger partial charge < -0.3 is 0 Å². The van der Waals surface area contributed by atoms with Crippen molar-refractivity contribution in [1.29, 1.82) is 0 Å². The molecule has 2 aromatic rings. The first-order valence-electron chi connectivity index (χ1n) is 5.49. The molecule has 0 bridgehead atoms. The number of benzene rings is 2. The Morgan fingerprint density at radius 1 is 1.00 bits per heavy atom. The third-order valence-corrected chi connectivity index (χ3v) is 2.88. The Labute approximate surface area is 97.9 Å². The zero-order valence-corrected chi connectivity index (χ0v) is 9.61. The second-order valence-electron chi connectivity index (χ2n) is 4.17. The molecule has 16 heavy (non-hydrogen) atoms. The van der Waals surface area contributed by atoms with Crippen LogP contribution in [0.1, 0.15) is 28.2 Å². The zero-order chi connectivity index (χ0) is 11.5. The van der Waals surface area contributed by atoms with E-state index in [1.807, 2.05) is 18.2 Å². The zero-order valence-electron chi connectivity index (χ0n) is 9.61. The molecule has 0 spiro atoms. The monoisotopic (exact) mass is 208 g/mol. The fraction of sp³-hybridized carbons (Fsp3) is 0.125. The maximum Gasteiger partial charge on any atom is 0.00925 e. The lowest BCUT2D eigenvalue weighted by Crippen LogP contribution is -1.99. The number of hydrogen-bond acceptors (Lipinski definition) is 0. The van der Waals surface area contributed by atoms with Gasteiger partial charge in [-0.15, -0.1) is 0 Å². The molecule has 1 atom stereocenters. The van der Waals surface area contributed by atoms with Crippen molar-refractivity contribution >= 4 is 0 Å². The van der Waals surface area contributed by atoms with Crippen molar-refractivity contribution in [1.82, 2.24) is 0 Å². The van der Waals surface area contributed by atoms with Crippen LogP contribution in [0.5, 0.6) is 0 Å². The molecule has 0 aliphatic carbocycles. The molecule has 2 rings (SSSR count). The van der Waals surface area contributed by atoms with E-state index in [2.05, 4.69) is 51.1 Å². The van der Waals surface area contributed by atoms with Gasteiger partial charge >= 0.3 is 0 Å². The molecule has 0 saturated heterocycles. The first-order valence-corrected chi connectivity index (χ1v) is 5.49. The Bertz CT molecular complexity index is 469. The summed E-state index contributed by atoms with van der Waals surface area (Å²) in [6.45, 7) is 10.4. The lowest BCUT2D eigenvalue weighted by molar-refractivity contribution is 1.01. The molecule has 80 valence electrons. The second-order valence-corrected chi connectivity index (χ2v) is 4.17. The highest BCUT2D eigenvalue weighted by Gasteiger charge is 2.10. The van der Waals surface area contributed by atoms with Gasteiger partial charge in [-0.3, -0.25) is 0 Å². The summed E-state index contributed by atoms with van der Waals surface area (Å²) >= 11 is 0. The van der Waals surface area contributed by atoms with Crippen LogP contribution in [-0.2, 0) is 0 Å². The van der Waals surface area contributed by atoms with E-state index >= 15 is 0 Å². The van der Waals surface area contributed by atoms with Gasteiger partial charge in [0.25, 0.3) is 0 Å². The van der Waals surface area contributed by atoms with Crippen molar-refractivity contribution in [3.05, 3.63) is 84.6 Å². The lowest BCUT2D eigenvalue weighted by atomic mass is 9.89. The smallest absolute Gasteiger partial charge is 0.00925 e. The maximum absolute atomic E-state index is 4.24. The molecule has 0 fully saturated rings. The largest absolute Gasteiger partial charge is 0.0622 e. The lowest BCUT2D eigenvalue weighted by Gasteiger charge is -2.15. The molecule has 0 amide bonds. The van der Waals surface area contributed by atoms with Crippen molar-refractivity contribution in [2.24, 2.45) is 0 Å². The highest BCUT2D eigenvalue weighted by atomic mass is 14.1. The van der Waals surface area contributed by atoms with Gasteiger partial charge in [-0.25, -0.2) is 0 Å². The molecule has 2 aromatic carbocycles. The van der Waals surface area contributed by atoms with E-state index in [4.69, 9.17) is 0 Å². The summed E-state index contributed by atoms with van der Waals surface area (Å²) in [7, 11) is 0. The Hall–Kier alpha value is -1.56. The van der Waals surface area contributed by atoms with Crippen LogP contribution in [0, 0.1) is 20.8 Å². The molecule has 0 aromatic heterocycles. The van der Waals surface area contributed by atoms with Crippen LogP contribution in [0.25, 0.3) is 0 Å². The van der Waals surface area contributed by atoms with Crippen LogP contribution in [0.2, 0.25) is 0 Å². The van der Waals surface area contributed by atoms with Gasteiger partial charge in [0, 0.05) is 5.92 Å². The van der Waals surface area contributed by atoms with Gasteiger partial charge in [-0.1, -0.05) is 54.1 Å². The Morgan fingerprint density at radius 2 is 1.69 bits per heavy atom. The Morgan fingerprint density at radius 3 is 2.38 bits per heavy atom. The maximum atomic E-state index is 4.24. The van der Waals surface area contributed by atoms with Crippen LogP contribution in [0.15, 0.2) is 48.5 Å². The summed E-state index contributed by atoms with van der Waals surface area (Å²) in [5.74, 6) is 0.161. The van der Waals surface area contributed by atoms with Crippen molar-refractivity contribution in [3.8, 4) is 0 Å². The molecule has 0 saturated carbocycles. The number of hydrogen-bond donors (Lipinski definition) is 0. The van der Waals surface area contributed by atoms with Crippen molar-refractivity contribution in [2.75, 3.05) is 0 Å². The van der Waals surface area contributed by atoms with Gasteiger partial charge in [0.1, 0.15) is 0 Å². The predicted molar refractivity (Wildman–Crippen MR) is 69.3 cm³/mol. The third kappa shape index (κ3) is 2.16. The molecular weight excluding hydrogens is 192 g/mol. The summed E-state index contributed by atoms with van der Waals surface area (Å²) in [6.07, 6.45) is 0. The minimum absolute atomic E-state index is 0.161.